The number of halogens is 1. The zero-order chi connectivity index (χ0) is 23.5. The van der Waals surface area contributed by atoms with Crippen LogP contribution in [0.3, 0.4) is 0 Å². The maximum Gasteiger partial charge on any atom is 0.137 e. The van der Waals surface area contributed by atoms with E-state index < -0.39 is 0 Å². The van der Waals surface area contributed by atoms with Crippen molar-refractivity contribution in [2.75, 3.05) is 41.8 Å². The molecule has 0 saturated heterocycles. The molecule has 0 saturated carbocycles. The van der Waals surface area contributed by atoms with Gasteiger partial charge in [-0.15, -0.1) is 0 Å². The molecule has 5 nitrogen and oxygen atoms in total. The minimum Gasteiger partial charge on any atom is -0.323 e. The van der Waals surface area contributed by atoms with E-state index in [2.05, 4.69) is 40.7 Å². The Hall–Kier alpha value is -1.79. The van der Waals surface area contributed by atoms with Crippen molar-refractivity contribution in [3.05, 3.63) is 64.9 Å². The lowest BCUT2D eigenvalue weighted by Crippen LogP contribution is -2.29. The molecule has 0 bridgehead atoms. The summed E-state index contributed by atoms with van der Waals surface area (Å²) in [5.74, 6) is 0.154. The van der Waals surface area contributed by atoms with Crippen LogP contribution in [-0.4, -0.2) is 57.5 Å². The molecule has 2 unspecified atom stereocenters. The second kappa shape index (κ2) is 19.2. The van der Waals surface area contributed by atoms with E-state index in [9.17, 15) is 4.79 Å². The first-order chi connectivity index (χ1) is 14.3. The maximum absolute atomic E-state index is 10.9. The number of aromatic nitrogens is 1. The third-order valence-corrected chi connectivity index (χ3v) is 4.28. The van der Waals surface area contributed by atoms with Crippen molar-refractivity contribution in [2.24, 2.45) is 0 Å². The lowest BCUT2D eigenvalue weighted by atomic mass is 10.00. The van der Waals surface area contributed by atoms with Gasteiger partial charge in [0.15, 0.2) is 0 Å². The monoisotopic (exact) mass is 436 g/mol. The molecule has 1 heterocycles. The van der Waals surface area contributed by atoms with Crippen LogP contribution < -0.4 is 10.6 Å². The van der Waals surface area contributed by atoms with Gasteiger partial charge in [0, 0.05) is 35.9 Å². The Morgan fingerprint density at radius 1 is 1.10 bits per heavy atom. The van der Waals surface area contributed by atoms with Crippen LogP contribution in [0.25, 0.3) is 0 Å². The van der Waals surface area contributed by atoms with Crippen molar-refractivity contribution in [3.63, 3.8) is 0 Å². The van der Waals surface area contributed by atoms with Crippen LogP contribution in [0.15, 0.2) is 48.8 Å². The zero-order valence-corrected chi connectivity index (χ0v) is 20.9. The lowest BCUT2D eigenvalue weighted by molar-refractivity contribution is -0.118. The van der Waals surface area contributed by atoms with Gasteiger partial charge in [0.25, 0.3) is 0 Å². The smallest absolute Gasteiger partial charge is 0.137 e. The second-order valence-corrected chi connectivity index (χ2v) is 7.15. The SMILES string of the molecule is CC.CC(=O)C(C)c1cccnc1.CNC.CNCC(c1cccc(Cl)c1)N(C)C. The largest absolute Gasteiger partial charge is 0.323 e. The summed E-state index contributed by atoms with van der Waals surface area (Å²) in [6.45, 7) is 8.41. The number of likely N-dealkylation sites (N-methyl/N-ethyl adjacent to an activating group) is 2. The first-order valence-corrected chi connectivity index (χ1v) is 10.7. The molecule has 2 atom stereocenters. The lowest BCUT2D eigenvalue weighted by Gasteiger charge is -2.24. The average molecular weight is 437 g/mol. The standard InChI is InChI=1S/C11H17ClN2.C9H11NO.C2H7N.C2H6/c1-13-8-11(14(2)3)9-5-4-6-10(12)7-9;1-7(8(2)11)9-4-3-5-10-6-9;1-3-2;1-2/h4-7,11,13H,8H2,1-3H3;3-7H,1-2H3;3H,1-2H3;1-2H3. The zero-order valence-electron chi connectivity index (χ0n) is 20.2. The van der Waals surface area contributed by atoms with Gasteiger partial charge < -0.3 is 15.5 Å². The molecule has 0 aliphatic rings. The third kappa shape index (κ3) is 13.4. The summed E-state index contributed by atoms with van der Waals surface area (Å²) in [6.07, 6.45) is 3.43. The number of benzene rings is 1. The number of rotatable bonds is 6. The molecule has 0 fully saturated rings. The van der Waals surface area contributed by atoms with E-state index in [-0.39, 0.29) is 11.7 Å². The maximum atomic E-state index is 10.9. The summed E-state index contributed by atoms with van der Waals surface area (Å²) in [5.41, 5.74) is 2.23. The Kier molecular flexibility index (Phi) is 19.4. The van der Waals surface area contributed by atoms with Gasteiger partial charge in [0.05, 0.1) is 0 Å². The normalized spacial score (nSPS) is 11.6. The number of nitrogens with zero attached hydrogens (tertiary/aromatic N) is 2. The highest BCUT2D eigenvalue weighted by Crippen LogP contribution is 2.20. The summed E-state index contributed by atoms with van der Waals surface area (Å²) in [6, 6.07) is 12.1. The van der Waals surface area contributed by atoms with Gasteiger partial charge in [0.2, 0.25) is 0 Å². The molecular formula is C24H41ClN4O. The number of pyridine rings is 1. The Morgan fingerprint density at radius 3 is 2.07 bits per heavy atom. The number of nitrogens with one attached hydrogen (secondary N) is 2. The van der Waals surface area contributed by atoms with E-state index in [0.29, 0.717) is 6.04 Å². The minimum absolute atomic E-state index is 0.0244. The molecule has 1 aromatic heterocycles. The van der Waals surface area contributed by atoms with Gasteiger partial charge in [-0.1, -0.05) is 50.6 Å². The fourth-order valence-corrected chi connectivity index (χ4v) is 2.57. The number of hydrogen-bond acceptors (Lipinski definition) is 5. The molecule has 0 amide bonds. The Bertz CT molecular complexity index is 665. The van der Waals surface area contributed by atoms with Crippen molar-refractivity contribution >= 4 is 17.4 Å². The van der Waals surface area contributed by atoms with E-state index in [0.717, 1.165) is 17.1 Å². The summed E-state index contributed by atoms with van der Waals surface area (Å²) >= 11 is 5.95. The van der Waals surface area contributed by atoms with Crippen LogP contribution in [0.1, 0.15) is 50.8 Å². The molecule has 30 heavy (non-hydrogen) atoms. The van der Waals surface area contributed by atoms with Gasteiger partial charge in [-0.05, 0) is 71.5 Å². The van der Waals surface area contributed by atoms with Gasteiger partial charge in [-0.25, -0.2) is 0 Å². The van der Waals surface area contributed by atoms with Crippen molar-refractivity contribution in [3.8, 4) is 0 Å². The van der Waals surface area contributed by atoms with E-state index >= 15 is 0 Å². The Labute approximate surface area is 189 Å². The van der Waals surface area contributed by atoms with Gasteiger partial charge in [0.1, 0.15) is 5.78 Å². The highest BCUT2D eigenvalue weighted by atomic mass is 35.5. The van der Waals surface area contributed by atoms with Gasteiger partial charge in [-0.3, -0.25) is 9.78 Å². The quantitative estimate of drug-likeness (QED) is 0.681. The summed E-state index contributed by atoms with van der Waals surface area (Å²) in [4.78, 5) is 17.0. The molecule has 0 aliphatic heterocycles. The number of ketones is 1. The molecule has 0 radical (unpaired) electrons. The van der Waals surface area contributed by atoms with E-state index in [4.69, 9.17) is 11.6 Å². The molecular weight excluding hydrogens is 396 g/mol. The molecule has 2 N–H and O–H groups in total. The average Bonchev–Trinajstić information content (AvgIpc) is 2.74. The van der Waals surface area contributed by atoms with Gasteiger partial charge >= 0.3 is 0 Å². The molecule has 6 heteroatoms. The van der Waals surface area contributed by atoms with E-state index in [1.54, 1.807) is 19.3 Å². The van der Waals surface area contributed by atoms with Crippen molar-refractivity contribution < 1.29 is 4.79 Å². The second-order valence-electron chi connectivity index (χ2n) is 6.71. The summed E-state index contributed by atoms with van der Waals surface area (Å²) in [5, 5.41) is 6.73. The van der Waals surface area contributed by atoms with Crippen LogP contribution in [0.2, 0.25) is 5.02 Å². The van der Waals surface area contributed by atoms with Crippen LogP contribution >= 0.6 is 11.6 Å². The van der Waals surface area contributed by atoms with Crippen molar-refractivity contribution in [2.45, 2.75) is 39.7 Å². The van der Waals surface area contributed by atoms with Crippen molar-refractivity contribution in [1.82, 2.24) is 20.5 Å². The number of hydrogen-bond donors (Lipinski definition) is 2. The third-order valence-electron chi connectivity index (χ3n) is 4.05. The predicted octanol–water partition coefficient (Wildman–Crippen LogP) is 4.80. The topological polar surface area (TPSA) is 57.3 Å². The Morgan fingerprint density at radius 2 is 1.67 bits per heavy atom. The first kappa shape index (κ1) is 30.4. The fraction of sp³-hybridized carbons (Fsp3) is 0.500. The van der Waals surface area contributed by atoms with Gasteiger partial charge in [-0.2, -0.15) is 0 Å². The van der Waals surface area contributed by atoms with E-state index in [1.165, 1.54) is 5.56 Å². The summed E-state index contributed by atoms with van der Waals surface area (Å²) < 4.78 is 0. The molecule has 170 valence electrons. The minimum atomic E-state index is -0.0244. The molecule has 0 spiro atoms. The van der Waals surface area contributed by atoms with Crippen molar-refractivity contribution in [1.29, 1.82) is 0 Å². The number of Topliss-reactive ketones (excluding diaryl/α,β-unsaturated/α-hetero) is 1. The van der Waals surface area contributed by atoms with E-state index in [1.807, 2.05) is 72.2 Å². The van der Waals surface area contributed by atoms with Crippen LogP contribution in [0.5, 0.6) is 0 Å². The summed E-state index contributed by atoms with van der Waals surface area (Å²) in [7, 11) is 9.85. The highest BCUT2D eigenvalue weighted by molar-refractivity contribution is 6.30. The predicted molar refractivity (Wildman–Crippen MR) is 131 cm³/mol. The molecule has 2 aromatic rings. The molecule has 1 aromatic carbocycles. The van der Waals surface area contributed by atoms with Crippen LogP contribution in [0, 0.1) is 0 Å². The fourth-order valence-electron chi connectivity index (χ4n) is 2.37. The highest BCUT2D eigenvalue weighted by Gasteiger charge is 2.12. The number of carbonyl (C=O) groups is 1. The first-order valence-electron chi connectivity index (χ1n) is 10.3. The molecule has 2 rings (SSSR count). The van der Waals surface area contributed by atoms with Crippen LogP contribution in [-0.2, 0) is 4.79 Å². The Balaban J connectivity index is 0. The molecule has 0 aliphatic carbocycles. The number of carbonyl (C=O) groups excluding carboxylic acids is 1. The van der Waals surface area contributed by atoms with Crippen LogP contribution in [0.4, 0.5) is 0 Å².